The van der Waals surface area contributed by atoms with E-state index in [0.29, 0.717) is 16.9 Å². The summed E-state index contributed by atoms with van der Waals surface area (Å²) in [5.74, 6) is -2.11. The third kappa shape index (κ3) is 5.71. The minimum atomic E-state index is -0.971. The fraction of sp³-hybridized carbons (Fsp3) is 0.0588. The van der Waals surface area contributed by atoms with Crippen molar-refractivity contribution < 1.29 is 19.5 Å². The van der Waals surface area contributed by atoms with Crippen LogP contribution in [0, 0.1) is 0 Å². The molecule has 26 heavy (non-hydrogen) atoms. The Morgan fingerprint density at radius 1 is 1.00 bits per heavy atom. The number of amides is 3. The highest BCUT2D eigenvalue weighted by atomic mass is 79.9. The van der Waals surface area contributed by atoms with Crippen molar-refractivity contribution in [1.29, 1.82) is 0 Å². The summed E-state index contributed by atoms with van der Waals surface area (Å²) in [6, 6.07) is 11.0. The first-order valence-electron chi connectivity index (χ1n) is 7.35. The Balaban J connectivity index is 1.91. The van der Waals surface area contributed by atoms with Gasteiger partial charge < -0.3 is 15.7 Å². The number of hydrogen-bond acceptors (Lipinski definition) is 5. The molecule has 0 spiro atoms. The summed E-state index contributed by atoms with van der Waals surface area (Å²) in [7, 11) is 0. The third-order valence-electron chi connectivity index (χ3n) is 3.03. The number of carbonyl (C=O) groups excluding carboxylic acids is 3. The summed E-state index contributed by atoms with van der Waals surface area (Å²) in [4.78, 5) is 34.5. The number of phenolic OH excluding ortho intramolecular Hbond substituents is 1. The number of nitrogens with zero attached hydrogens (tertiary/aromatic N) is 1. The van der Waals surface area contributed by atoms with E-state index in [-0.39, 0.29) is 11.7 Å². The smallest absolute Gasteiger partial charge is 0.329 e. The van der Waals surface area contributed by atoms with Crippen LogP contribution < -0.4 is 16.1 Å². The predicted molar refractivity (Wildman–Crippen MR) is 101 cm³/mol. The van der Waals surface area contributed by atoms with Gasteiger partial charge in [0.1, 0.15) is 5.75 Å². The van der Waals surface area contributed by atoms with Crippen LogP contribution in [0.4, 0.5) is 11.4 Å². The number of phenols is 1. The van der Waals surface area contributed by atoms with Crippen LogP contribution in [0.3, 0.4) is 0 Å². The second-order valence-electron chi connectivity index (χ2n) is 5.11. The number of hydrogen-bond donors (Lipinski definition) is 4. The van der Waals surface area contributed by atoms with Crippen molar-refractivity contribution in [3.05, 3.63) is 52.5 Å². The zero-order chi connectivity index (χ0) is 19.1. The summed E-state index contributed by atoms with van der Waals surface area (Å²) in [5, 5.41) is 18.3. The molecule has 0 heterocycles. The van der Waals surface area contributed by atoms with Crippen LogP contribution in [0.5, 0.6) is 5.75 Å². The van der Waals surface area contributed by atoms with Crippen LogP contribution in [-0.4, -0.2) is 29.0 Å². The van der Waals surface area contributed by atoms with Gasteiger partial charge in [-0.05, 0) is 42.5 Å². The number of rotatable bonds is 4. The highest BCUT2D eigenvalue weighted by molar-refractivity contribution is 9.10. The Labute approximate surface area is 157 Å². The summed E-state index contributed by atoms with van der Waals surface area (Å²) in [5.41, 5.74) is 3.39. The molecule has 9 heteroatoms. The molecule has 0 aliphatic rings. The zero-order valence-corrected chi connectivity index (χ0v) is 15.2. The molecule has 0 saturated heterocycles. The highest BCUT2D eigenvalue weighted by Crippen LogP contribution is 2.19. The number of halogens is 1. The molecule has 3 amide bonds. The Morgan fingerprint density at radius 3 is 2.23 bits per heavy atom. The van der Waals surface area contributed by atoms with Gasteiger partial charge in [-0.25, -0.2) is 5.43 Å². The van der Waals surface area contributed by atoms with E-state index in [1.165, 1.54) is 19.2 Å². The summed E-state index contributed by atoms with van der Waals surface area (Å²) in [6.07, 6.45) is 1.22. The SMILES string of the molecule is CC(=O)Nc1ccc(NC(=O)C(=O)N/N=C/c2cc(Br)ccc2O)cc1. The Bertz CT molecular complexity index is 866. The monoisotopic (exact) mass is 418 g/mol. The maximum absolute atomic E-state index is 11.8. The number of carbonyl (C=O) groups is 3. The van der Waals surface area contributed by atoms with Crippen LogP contribution in [0.15, 0.2) is 52.0 Å². The second kappa shape index (κ2) is 8.77. The van der Waals surface area contributed by atoms with Gasteiger partial charge in [0.15, 0.2) is 0 Å². The van der Waals surface area contributed by atoms with Crippen LogP contribution in [-0.2, 0) is 14.4 Å². The van der Waals surface area contributed by atoms with Crippen molar-refractivity contribution in [3.8, 4) is 5.75 Å². The van der Waals surface area contributed by atoms with E-state index < -0.39 is 11.8 Å². The van der Waals surface area contributed by atoms with Gasteiger partial charge in [-0.2, -0.15) is 5.10 Å². The maximum atomic E-state index is 11.8. The lowest BCUT2D eigenvalue weighted by molar-refractivity contribution is -0.136. The second-order valence-corrected chi connectivity index (χ2v) is 6.03. The fourth-order valence-corrected chi connectivity index (χ4v) is 2.25. The Morgan fingerprint density at radius 2 is 1.62 bits per heavy atom. The predicted octanol–water partition coefficient (Wildman–Crippen LogP) is 2.20. The summed E-state index contributed by atoms with van der Waals surface area (Å²) < 4.78 is 0.725. The molecule has 0 aliphatic heterocycles. The van der Waals surface area contributed by atoms with E-state index in [9.17, 15) is 19.5 Å². The quantitative estimate of drug-likeness (QED) is 0.345. The molecule has 8 nitrogen and oxygen atoms in total. The van der Waals surface area contributed by atoms with Crippen molar-refractivity contribution in [3.63, 3.8) is 0 Å². The van der Waals surface area contributed by atoms with Gasteiger partial charge >= 0.3 is 11.8 Å². The van der Waals surface area contributed by atoms with Crippen molar-refractivity contribution in [2.24, 2.45) is 5.10 Å². The molecule has 0 saturated carbocycles. The van der Waals surface area contributed by atoms with Gasteiger partial charge in [-0.3, -0.25) is 14.4 Å². The molecule has 2 aromatic carbocycles. The molecule has 0 aliphatic carbocycles. The van der Waals surface area contributed by atoms with Crippen molar-refractivity contribution in [1.82, 2.24) is 5.43 Å². The minimum Gasteiger partial charge on any atom is -0.507 e. The Kier molecular flexibility index (Phi) is 6.45. The number of nitrogens with one attached hydrogen (secondary N) is 3. The Hall–Kier alpha value is -3.20. The lowest BCUT2D eigenvalue weighted by atomic mass is 10.2. The van der Waals surface area contributed by atoms with Crippen molar-refractivity contribution >= 4 is 51.2 Å². The van der Waals surface area contributed by atoms with Gasteiger partial charge in [0.05, 0.1) is 6.21 Å². The van der Waals surface area contributed by atoms with Crippen LogP contribution in [0.1, 0.15) is 12.5 Å². The van der Waals surface area contributed by atoms with E-state index in [4.69, 9.17) is 0 Å². The van der Waals surface area contributed by atoms with Gasteiger partial charge in [-0.1, -0.05) is 15.9 Å². The molecular weight excluding hydrogens is 404 g/mol. The van der Waals surface area contributed by atoms with Gasteiger partial charge in [0.2, 0.25) is 5.91 Å². The topological polar surface area (TPSA) is 120 Å². The number of aromatic hydroxyl groups is 1. The number of anilines is 2. The van der Waals surface area contributed by atoms with E-state index in [1.807, 2.05) is 0 Å². The van der Waals surface area contributed by atoms with Crippen LogP contribution >= 0.6 is 15.9 Å². The average molecular weight is 419 g/mol. The van der Waals surface area contributed by atoms with E-state index >= 15 is 0 Å². The molecule has 0 fully saturated rings. The van der Waals surface area contributed by atoms with Crippen molar-refractivity contribution in [2.45, 2.75) is 6.92 Å². The summed E-state index contributed by atoms with van der Waals surface area (Å²) in [6.45, 7) is 1.38. The lowest BCUT2D eigenvalue weighted by Crippen LogP contribution is -2.32. The first kappa shape index (κ1) is 19.1. The maximum Gasteiger partial charge on any atom is 0.329 e. The number of hydrazone groups is 1. The zero-order valence-electron chi connectivity index (χ0n) is 13.6. The first-order valence-corrected chi connectivity index (χ1v) is 8.15. The van der Waals surface area contributed by atoms with Crippen molar-refractivity contribution in [2.75, 3.05) is 10.6 Å². The highest BCUT2D eigenvalue weighted by Gasteiger charge is 2.13. The van der Waals surface area contributed by atoms with E-state index in [1.54, 1.807) is 36.4 Å². The summed E-state index contributed by atoms with van der Waals surface area (Å²) >= 11 is 3.25. The number of benzene rings is 2. The van der Waals surface area contributed by atoms with E-state index in [2.05, 4.69) is 37.1 Å². The minimum absolute atomic E-state index is 0.0186. The molecule has 0 bridgehead atoms. The lowest BCUT2D eigenvalue weighted by Gasteiger charge is -2.06. The average Bonchev–Trinajstić information content (AvgIpc) is 2.59. The van der Waals surface area contributed by atoms with Crippen LogP contribution in [0.2, 0.25) is 0 Å². The molecule has 2 aromatic rings. The molecule has 4 N–H and O–H groups in total. The molecule has 0 unspecified atom stereocenters. The molecule has 134 valence electrons. The first-order chi connectivity index (χ1) is 12.3. The molecule has 0 radical (unpaired) electrons. The van der Waals surface area contributed by atoms with Crippen LogP contribution in [0.25, 0.3) is 0 Å². The van der Waals surface area contributed by atoms with Gasteiger partial charge in [0.25, 0.3) is 0 Å². The van der Waals surface area contributed by atoms with Gasteiger partial charge in [0, 0.05) is 28.3 Å². The van der Waals surface area contributed by atoms with Gasteiger partial charge in [-0.15, -0.1) is 0 Å². The third-order valence-corrected chi connectivity index (χ3v) is 3.52. The molecular formula is C17H15BrN4O4. The van der Waals surface area contributed by atoms with E-state index in [0.717, 1.165) is 4.47 Å². The normalized spacial score (nSPS) is 10.4. The standard InChI is InChI=1S/C17H15BrN4O4/c1-10(23)20-13-3-5-14(6-4-13)21-16(25)17(26)22-19-9-11-8-12(18)2-7-15(11)24/h2-9,24H,1H3,(H,20,23)(H,21,25)(H,22,26)/b19-9+. The fourth-order valence-electron chi connectivity index (χ4n) is 1.87. The molecule has 2 rings (SSSR count). The molecule has 0 aromatic heterocycles. The largest absolute Gasteiger partial charge is 0.507 e. The molecule has 0 atom stereocenters.